The Balaban J connectivity index is 2.54. The number of likely N-dealkylation sites (N-methyl/N-ethyl adjacent to an activating group) is 1. The molecule has 0 aliphatic carbocycles. The van der Waals surface area contributed by atoms with Crippen molar-refractivity contribution in [2.45, 2.75) is 26.3 Å². The summed E-state index contributed by atoms with van der Waals surface area (Å²) in [5.74, 6) is -0.578. The number of halogens is 1. The number of hydrogen-bond acceptors (Lipinski definition) is 4. The summed E-state index contributed by atoms with van der Waals surface area (Å²) in [6.07, 6.45) is 0. The van der Waals surface area contributed by atoms with E-state index >= 15 is 0 Å². The Kier molecular flexibility index (Phi) is 6.84. The number of rotatable bonds is 7. The second-order valence-corrected chi connectivity index (χ2v) is 5.98. The lowest BCUT2D eigenvalue weighted by Crippen LogP contribution is -2.45. The first-order chi connectivity index (χ1) is 10.3. The van der Waals surface area contributed by atoms with Gasteiger partial charge in [0.1, 0.15) is 6.54 Å². The molecule has 0 spiro atoms. The summed E-state index contributed by atoms with van der Waals surface area (Å²) >= 11 is 5.88. The van der Waals surface area contributed by atoms with Crippen molar-refractivity contribution in [3.8, 4) is 0 Å². The largest absolute Gasteiger partial charge is 0.465 e. The van der Waals surface area contributed by atoms with Gasteiger partial charge in [-0.15, -0.1) is 0 Å². The third kappa shape index (κ3) is 5.66. The lowest BCUT2D eigenvalue weighted by Gasteiger charge is -2.28. The zero-order valence-corrected chi connectivity index (χ0v) is 14.2. The molecular formula is C16H23ClN2O3. The van der Waals surface area contributed by atoms with Crippen LogP contribution in [0.1, 0.15) is 26.3 Å². The molecule has 22 heavy (non-hydrogen) atoms. The number of esters is 1. The van der Waals surface area contributed by atoms with E-state index in [0.29, 0.717) is 11.6 Å². The van der Waals surface area contributed by atoms with Gasteiger partial charge in [0.15, 0.2) is 0 Å². The molecule has 0 aromatic heterocycles. The summed E-state index contributed by atoms with van der Waals surface area (Å²) in [6, 6.07) is 7.47. The smallest absolute Gasteiger partial charge is 0.325 e. The quantitative estimate of drug-likeness (QED) is 0.780. The molecule has 1 aromatic carbocycles. The second-order valence-electron chi connectivity index (χ2n) is 5.54. The van der Waals surface area contributed by atoms with Gasteiger partial charge in [0.25, 0.3) is 0 Å². The molecule has 0 aliphatic rings. The highest BCUT2D eigenvalue weighted by atomic mass is 35.5. The van der Waals surface area contributed by atoms with Crippen LogP contribution in [0.15, 0.2) is 24.3 Å². The van der Waals surface area contributed by atoms with Gasteiger partial charge in [-0.25, -0.2) is 0 Å². The third-order valence-corrected chi connectivity index (χ3v) is 3.60. The molecule has 0 saturated heterocycles. The minimum Gasteiger partial charge on any atom is -0.465 e. The molecule has 0 aliphatic heterocycles. The summed E-state index contributed by atoms with van der Waals surface area (Å²) in [5.41, 5.74) is 0.642. The molecule has 0 saturated carbocycles. The van der Waals surface area contributed by atoms with Crippen molar-refractivity contribution in [2.75, 3.05) is 26.7 Å². The summed E-state index contributed by atoms with van der Waals surface area (Å²) in [6.45, 7) is 6.09. The lowest BCUT2D eigenvalue weighted by molar-refractivity contribution is -0.147. The van der Waals surface area contributed by atoms with Crippen LogP contribution >= 0.6 is 11.6 Å². The van der Waals surface area contributed by atoms with E-state index < -0.39 is 5.97 Å². The van der Waals surface area contributed by atoms with Crippen molar-refractivity contribution >= 4 is 23.5 Å². The molecule has 0 unspecified atom stereocenters. The first-order valence-electron chi connectivity index (χ1n) is 7.17. The molecule has 5 nitrogen and oxygen atoms in total. The van der Waals surface area contributed by atoms with Gasteiger partial charge in [-0.1, -0.05) is 23.7 Å². The van der Waals surface area contributed by atoms with Gasteiger partial charge in [-0.2, -0.15) is 0 Å². The molecule has 6 heteroatoms. The first kappa shape index (κ1) is 18.5. The van der Waals surface area contributed by atoms with Crippen LogP contribution in [-0.2, 0) is 19.9 Å². The fourth-order valence-electron chi connectivity index (χ4n) is 1.89. The Morgan fingerprint density at radius 2 is 1.86 bits per heavy atom. The van der Waals surface area contributed by atoms with Crippen molar-refractivity contribution in [3.05, 3.63) is 34.9 Å². The zero-order valence-electron chi connectivity index (χ0n) is 13.5. The van der Waals surface area contributed by atoms with Gasteiger partial charge in [-0.05, 0) is 38.5 Å². The fourth-order valence-corrected chi connectivity index (χ4v) is 2.01. The van der Waals surface area contributed by atoms with Gasteiger partial charge in [0.05, 0.1) is 13.2 Å². The van der Waals surface area contributed by atoms with E-state index in [1.165, 1.54) is 4.90 Å². The highest BCUT2D eigenvalue weighted by Crippen LogP contribution is 2.21. The van der Waals surface area contributed by atoms with Gasteiger partial charge in [0, 0.05) is 17.6 Å². The van der Waals surface area contributed by atoms with E-state index in [0.717, 1.165) is 5.56 Å². The maximum Gasteiger partial charge on any atom is 0.325 e. The number of amides is 1. The Bertz CT molecular complexity index is 515. The first-order valence-corrected chi connectivity index (χ1v) is 7.54. The normalized spacial score (nSPS) is 11.1. The standard InChI is InChI=1S/C16H23ClN2O3/c1-5-22-15(21)11-19(4)14(20)10-18-16(2,3)12-6-8-13(17)9-7-12/h6-9,18H,5,10-11H2,1-4H3. The van der Waals surface area contributed by atoms with Gasteiger partial charge < -0.3 is 9.64 Å². The molecule has 1 N–H and O–H groups in total. The molecule has 122 valence electrons. The van der Waals surface area contributed by atoms with Crippen molar-refractivity contribution in [1.29, 1.82) is 0 Å². The van der Waals surface area contributed by atoms with Gasteiger partial charge in [-0.3, -0.25) is 14.9 Å². The SMILES string of the molecule is CCOC(=O)CN(C)C(=O)CNC(C)(C)c1ccc(Cl)cc1. The average Bonchev–Trinajstić information content (AvgIpc) is 2.45. The summed E-state index contributed by atoms with van der Waals surface area (Å²) < 4.78 is 4.82. The predicted molar refractivity (Wildman–Crippen MR) is 86.8 cm³/mol. The van der Waals surface area contributed by atoms with Crippen LogP contribution in [0.4, 0.5) is 0 Å². The van der Waals surface area contributed by atoms with Crippen LogP contribution < -0.4 is 5.32 Å². The highest BCUT2D eigenvalue weighted by molar-refractivity contribution is 6.30. The van der Waals surface area contributed by atoms with Crippen molar-refractivity contribution in [1.82, 2.24) is 10.2 Å². The topological polar surface area (TPSA) is 58.6 Å². The maximum atomic E-state index is 12.0. The van der Waals surface area contributed by atoms with E-state index in [1.54, 1.807) is 14.0 Å². The molecule has 1 aromatic rings. The minimum absolute atomic E-state index is 0.0459. The number of hydrogen-bond donors (Lipinski definition) is 1. The summed E-state index contributed by atoms with van der Waals surface area (Å²) in [4.78, 5) is 24.8. The maximum absolute atomic E-state index is 12.0. The summed E-state index contributed by atoms with van der Waals surface area (Å²) in [5, 5.41) is 3.87. The number of nitrogens with zero attached hydrogens (tertiary/aromatic N) is 1. The number of benzene rings is 1. The van der Waals surface area contributed by atoms with Crippen LogP contribution in [0.25, 0.3) is 0 Å². The molecule has 0 atom stereocenters. The van der Waals surface area contributed by atoms with Crippen molar-refractivity contribution in [3.63, 3.8) is 0 Å². The van der Waals surface area contributed by atoms with Crippen molar-refractivity contribution < 1.29 is 14.3 Å². The highest BCUT2D eigenvalue weighted by Gasteiger charge is 2.22. The number of ether oxygens (including phenoxy) is 1. The van der Waals surface area contributed by atoms with Crippen LogP contribution in [0, 0.1) is 0 Å². The molecular weight excluding hydrogens is 304 g/mol. The number of carbonyl (C=O) groups excluding carboxylic acids is 2. The van der Waals surface area contributed by atoms with E-state index in [2.05, 4.69) is 5.32 Å². The van der Waals surface area contributed by atoms with Crippen LogP contribution in [-0.4, -0.2) is 43.5 Å². The second kappa shape index (κ2) is 8.15. The number of nitrogens with one attached hydrogen (secondary N) is 1. The van der Waals surface area contributed by atoms with Crippen LogP contribution in [0.3, 0.4) is 0 Å². The monoisotopic (exact) mass is 326 g/mol. The van der Waals surface area contributed by atoms with Crippen molar-refractivity contribution in [2.24, 2.45) is 0 Å². The van der Waals surface area contributed by atoms with E-state index in [-0.39, 0.29) is 24.5 Å². The molecule has 0 heterocycles. The number of carbonyl (C=O) groups is 2. The fraction of sp³-hybridized carbons (Fsp3) is 0.500. The molecule has 1 rings (SSSR count). The zero-order chi connectivity index (χ0) is 16.8. The van der Waals surface area contributed by atoms with Gasteiger partial charge >= 0.3 is 5.97 Å². The van der Waals surface area contributed by atoms with Crippen LogP contribution in [0.2, 0.25) is 5.02 Å². The summed E-state index contributed by atoms with van der Waals surface area (Å²) in [7, 11) is 1.58. The van der Waals surface area contributed by atoms with E-state index in [1.807, 2.05) is 38.1 Å². The molecule has 0 fully saturated rings. The van der Waals surface area contributed by atoms with E-state index in [9.17, 15) is 9.59 Å². The lowest BCUT2D eigenvalue weighted by atomic mass is 9.94. The van der Waals surface area contributed by atoms with Crippen LogP contribution in [0.5, 0.6) is 0 Å². The molecule has 0 radical (unpaired) electrons. The predicted octanol–water partition coefficient (Wildman–Crippen LogP) is 2.19. The Hall–Kier alpha value is -1.59. The minimum atomic E-state index is -0.407. The Morgan fingerprint density at radius 1 is 1.27 bits per heavy atom. The van der Waals surface area contributed by atoms with Gasteiger partial charge in [0.2, 0.25) is 5.91 Å². The Labute approximate surface area is 136 Å². The average molecular weight is 327 g/mol. The molecule has 1 amide bonds. The van der Waals surface area contributed by atoms with E-state index in [4.69, 9.17) is 16.3 Å². The molecule has 0 bridgehead atoms. The Morgan fingerprint density at radius 3 is 2.41 bits per heavy atom. The third-order valence-electron chi connectivity index (χ3n) is 3.34.